The van der Waals surface area contributed by atoms with E-state index in [1.807, 2.05) is 24.3 Å². The average molecular weight is 324 g/mol. The van der Waals surface area contributed by atoms with Crippen molar-refractivity contribution in [3.05, 3.63) is 54.4 Å². The van der Waals surface area contributed by atoms with Crippen LogP contribution in [0, 0.1) is 0 Å². The van der Waals surface area contributed by atoms with E-state index >= 15 is 0 Å². The summed E-state index contributed by atoms with van der Waals surface area (Å²) in [4.78, 5) is 27.4. The zero-order valence-electron chi connectivity index (χ0n) is 13.3. The molecule has 1 amide bonds. The number of aromatic amines is 1. The zero-order valence-corrected chi connectivity index (χ0v) is 13.3. The van der Waals surface area contributed by atoms with Gasteiger partial charge in [-0.1, -0.05) is 12.1 Å². The number of imidazole rings is 1. The molecule has 0 saturated heterocycles. The number of rotatable bonds is 8. The van der Waals surface area contributed by atoms with Gasteiger partial charge in [0.2, 0.25) is 0 Å². The number of nitrogens with zero attached hydrogens (tertiary/aromatic N) is 3. The lowest BCUT2D eigenvalue weighted by Gasteiger charge is -2.05. The molecule has 7 nitrogen and oxygen atoms in total. The molecule has 0 unspecified atom stereocenters. The second-order valence-electron chi connectivity index (χ2n) is 5.43. The minimum Gasteiger partial charge on any atom is -0.351 e. The summed E-state index contributed by atoms with van der Waals surface area (Å²) in [6, 6.07) is 7.99. The van der Waals surface area contributed by atoms with E-state index in [1.54, 1.807) is 6.20 Å². The summed E-state index contributed by atoms with van der Waals surface area (Å²) in [7, 11) is 0. The van der Waals surface area contributed by atoms with E-state index in [0.717, 1.165) is 36.2 Å². The van der Waals surface area contributed by atoms with Crippen LogP contribution < -0.4 is 10.6 Å². The minimum atomic E-state index is -0.182. The number of carbonyl (C=O) groups excluding carboxylic acids is 1. The van der Waals surface area contributed by atoms with Crippen LogP contribution in [-0.4, -0.2) is 38.9 Å². The van der Waals surface area contributed by atoms with Gasteiger partial charge in [0.05, 0.1) is 23.8 Å². The Morgan fingerprint density at radius 1 is 1.12 bits per heavy atom. The molecule has 2 aromatic heterocycles. The number of para-hydroxylation sites is 2. The van der Waals surface area contributed by atoms with Gasteiger partial charge in [0.15, 0.2) is 0 Å². The summed E-state index contributed by atoms with van der Waals surface area (Å²) in [5.74, 6) is 0.755. The topological polar surface area (TPSA) is 95.6 Å². The summed E-state index contributed by atoms with van der Waals surface area (Å²) in [6.07, 6.45) is 6.39. The van der Waals surface area contributed by atoms with Crippen molar-refractivity contribution >= 4 is 16.9 Å². The number of H-pyrrole nitrogens is 1. The first kappa shape index (κ1) is 16.1. The van der Waals surface area contributed by atoms with Gasteiger partial charge < -0.3 is 15.6 Å². The standard InChI is InChI=1S/C17H20N6O/c24-17(15-11-19-9-10-20-15)21-8-4-3-7-18-12-16-22-13-5-1-2-6-14(13)23-16/h1-2,5-6,9-11,18H,3-4,7-8,12H2,(H,21,24)(H,22,23). The number of fused-ring (bicyclic) bond motifs is 1. The summed E-state index contributed by atoms with van der Waals surface area (Å²) >= 11 is 0. The van der Waals surface area contributed by atoms with E-state index in [-0.39, 0.29) is 5.91 Å². The molecule has 124 valence electrons. The second-order valence-corrected chi connectivity index (χ2v) is 5.43. The van der Waals surface area contributed by atoms with Crippen molar-refractivity contribution < 1.29 is 4.79 Å². The molecule has 0 fully saturated rings. The number of aromatic nitrogens is 4. The predicted octanol–water partition coefficient (Wildman–Crippen LogP) is 1.65. The minimum absolute atomic E-state index is 0.182. The molecule has 0 aliphatic rings. The van der Waals surface area contributed by atoms with E-state index < -0.39 is 0 Å². The molecule has 0 bridgehead atoms. The van der Waals surface area contributed by atoms with Crippen LogP contribution in [-0.2, 0) is 6.54 Å². The number of hydrogen-bond donors (Lipinski definition) is 3. The number of nitrogens with one attached hydrogen (secondary N) is 3. The van der Waals surface area contributed by atoms with E-state index in [0.29, 0.717) is 18.8 Å². The highest BCUT2D eigenvalue weighted by atomic mass is 16.1. The Bertz CT molecular complexity index is 753. The normalized spacial score (nSPS) is 10.8. The van der Waals surface area contributed by atoms with Gasteiger partial charge in [0, 0.05) is 18.9 Å². The Kier molecular flexibility index (Phi) is 5.47. The maximum Gasteiger partial charge on any atom is 0.271 e. The van der Waals surface area contributed by atoms with Gasteiger partial charge in [-0.15, -0.1) is 0 Å². The maximum atomic E-state index is 11.8. The van der Waals surface area contributed by atoms with Gasteiger partial charge in [-0.2, -0.15) is 0 Å². The van der Waals surface area contributed by atoms with Crippen LogP contribution in [0.2, 0.25) is 0 Å². The molecule has 0 atom stereocenters. The fraction of sp³-hybridized carbons (Fsp3) is 0.294. The molecule has 0 aliphatic carbocycles. The summed E-state index contributed by atoms with van der Waals surface area (Å²) < 4.78 is 0. The number of benzene rings is 1. The van der Waals surface area contributed by atoms with Crippen molar-refractivity contribution in [2.24, 2.45) is 0 Å². The highest BCUT2D eigenvalue weighted by Gasteiger charge is 2.05. The maximum absolute atomic E-state index is 11.8. The molecule has 0 spiro atoms. The van der Waals surface area contributed by atoms with Crippen molar-refractivity contribution in [1.29, 1.82) is 0 Å². The lowest BCUT2D eigenvalue weighted by Crippen LogP contribution is -2.26. The van der Waals surface area contributed by atoms with Crippen LogP contribution in [0.25, 0.3) is 11.0 Å². The van der Waals surface area contributed by atoms with Gasteiger partial charge in [-0.05, 0) is 31.5 Å². The third-order valence-electron chi connectivity index (χ3n) is 3.59. The Labute approximate surface area is 139 Å². The Morgan fingerprint density at radius 2 is 2.00 bits per heavy atom. The van der Waals surface area contributed by atoms with Crippen molar-refractivity contribution in [3.8, 4) is 0 Å². The molecular weight excluding hydrogens is 304 g/mol. The number of hydrogen-bond acceptors (Lipinski definition) is 5. The predicted molar refractivity (Wildman–Crippen MR) is 91.4 cm³/mol. The zero-order chi connectivity index (χ0) is 16.6. The van der Waals surface area contributed by atoms with Crippen molar-refractivity contribution in [2.45, 2.75) is 19.4 Å². The summed E-state index contributed by atoms with van der Waals surface area (Å²) in [5, 5.41) is 6.19. The molecule has 3 rings (SSSR count). The Hall–Kier alpha value is -2.80. The monoisotopic (exact) mass is 324 g/mol. The Morgan fingerprint density at radius 3 is 2.83 bits per heavy atom. The van der Waals surface area contributed by atoms with Gasteiger partial charge in [-0.3, -0.25) is 9.78 Å². The van der Waals surface area contributed by atoms with Crippen LogP contribution in [0.15, 0.2) is 42.9 Å². The fourth-order valence-electron chi connectivity index (χ4n) is 2.38. The molecule has 2 heterocycles. The quantitative estimate of drug-likeness (QED) is 0.548. The SMILES string of the molecule is O=C(NCCCCNCc1nc2ccccc2[nH]1)c1cnccn1. The van der Waals surface area contributed by atoms with E-state index in [1.165, 1.54) is 12.4 Å². The van der Waals surface area contributed by atoms with Crippen molar-refractivity contribution in [3.63, 3.8) is 0 Å². The van der Waals surface area contributed by atoms with E-state index in [4.69, 9.17) is 0 Å². The molecule has 3 N–H and O–H groups in total. The molecular formula is C17H20N6O. The van der Waals surface area contributed by atoms with Gasteiger partial charge in [0.25, 0.3) is 5.91 Å². The number of amides is 1. The molecule has 0 aliphatic heterocycles. The molecule has 7 heteroatoms. The van der Waals surface area contributed by atoms with Gasteiger partial charge >= 0.3 is 0 Å². The third kappa shape index (κ3) is 4.36. The van der Waals surface area contributed by atoms with E-state index in [9.17, 15) is 4.79 Å². The van der Waals surface area contributed by atoms with Gasteiger partial charge in [-0.25, -0.2) is 9.97 Å². The lowest BCUT2D eigenvalue weighted by molar-refractivity contribution is 0.0947. The molecule has 24 heavy (non-hydrogen) atoms. The highest BCUT2D eigenvalue weighted by molar-refractivity contribution is 5.91. The van der Waals surface area contributed by atoms with Crippen LogP contribution >= 0.6 is 0 Å². The fourth-order valence-corrected chi connectivity index (χ4v) is 2.38. The van der Waals surface area contributed by atoms with Crippen LogP contribution in [0.5, 0.6) is 0 Å². The van der Waals surface area contributed by atoms with Crippen LogP contribution in [0.1, 0.15) is 29.2 Å². The summed E-state index contributed by atoms with van der Waals surface area (Å²) in [5.41, 5.74) is 2.39. The number of carbonyl (C=O) groups is 1. The van der Waals surface area contributed by atoms with Crippen LogP contribution in [0.4, 0.5) is 0 Å². The molecule has 3 aromatic rings. The number of unbranched alkanes of at least 4 members (excludes halogenated alkanes) is 1. The molecule has 0 radical (unpaired) electrons. The molecule has 0 saturated carbocycles. The first-order valence-electron chi connectivity index (χ1n) is 8.01. The lowest BCUT2D eigenvalue weighted by atomic mass is 10.3. The highest BCUT2D eigenvalue weighted by Crippen LogP contribution is 2.09. The van der Waals surface area contributed by atoms with Crippen molar-refractivity contribution in [2.75, 3.05) is 13.1 Å². The van der Waals surface area contributed by atoms with Crippen LogP contribution in [0.3, 0.4) is 0 Å². The van der Waals surface area contributed by atoms with Crippen molar-refractivity contribution in [1.82, 2.24) is 30.6 Å². The smallest absolute Gasteiger partial charge is 0.271 e. The Balaban J connectivity index is 1.29. The van der Waals surface area contributed by atoms with Gasteiger partial charge in [0.1, 0.15) is 11.5 Å². The third-order valence-corrected chi connectivity index (χ3v) is 3.59. The van der Waals surface area contributed by atoms with E-state index in [2.05, 4.69) is 30.6 Å². The first-order chi connectivity index (χ1) is 11.8. The summed E-state index contributed by atoms with van der Waals surface area (Å²) in [6.45, 7) is 2.21. The average Bonchev–Trinajstić information content (AvgIpc) is 3.04. The molecule has 1 aromatic carbocycles. The first-order valence-corrected chi connectivity index (χ1v) is 8.01. The largest absolute Gasteiger partial charge is 0.351 e. The second kappa shape index (κ2) is 8.16.